The van der Waals surface area contributed by atoms with Gasteiger partial charge in [0.2, 0.25) is 0 Å². The predicted molar refractivity (Wildman–Crippen MR) is 150 cm³/mol. The Morgan fingerprint density at radius 3 is 2.29 bits per heavy atom. The lowest BCUT2D eigenvalue weighted by molar-refractivity contribution is 0.0674. The van der Waals surface area contributed by atoms with Crippen LogP contribution in [0.4, 0.5) is 0 Å². The minimum atomic E-state index is -0.289. The molecule has 8 heteroatoms. The van der Waals surface area contributed by atoms with E-state index in [1.807, 2.05) is 57.2 Å². The summed E-state index contributed by atoms with van der Waals surface area (Å²) >= 11 is 6.45. The highest BCUT2D eigenvalue weighted by molar-refractivity contribution is 6.33. The second-order valence-electron chi connectivity index (χ2n) is 9.43. The number of amides is 1. The molecule has 7 nitrogen and oxygen atoms in total. The van der Waals surface area contributed by atoms with Crippen LogP contribution in [0.2, 0.25) is 5.02 Å². The number of ether oxygens (including phenoxy) is 2. The molecular formula is C30H33ClN4O3. The molecule has 1 aliphatic carbocycles. The molecule has 1 fully saturated rings. The lowest BCUT2D eigenvalue weighted by Crippen LogP contribution is -2.32. The molecule has 0 unspecified atom stereocenters. The molecule has 0 saturated heterocycles. The van der Waals surface area contributed by atoms with E-state index in [1.165, 1.54) is 0 Å². The Morgan fingerprint density at radius 1 is 1.03 bits per heavy atom. The average molecular weight is 533 g/mol. The third kappa shape index (κ3) is 5.20. The van der Waals surface area contributed by atoms with Crippen molar-refractivity contribution in [1.29, 1.82) is 0 Å². The summed E-state index contributed by atoms with van der Waals surface area (Å²) in [6.45, 7) is 7.76. The molecule has 1 aromatic heterocycles. The molecule has 1 aliphatic heterocycles. The topological polar surface area (TPSA) is 69.0 Å². The van der Waals surface area contributed by atoms with E-state index in [-0.39, 0.29) is 23.6 Å². The van der Waals surface area contributed by atoms with Crippen molar-refractivity contribution in [3.63, 3.8) is 0 Å². The zero-order valence-corrected chi connectivity index (χ0v) is 22.8. The Labute approximate surface area is 228 Å². The molecule has 2 aliphatic rings. The Morgan fingerprint density at radius 2 is 1.68 bits per heavy atom. The van der Waals surface area contributed by atoms with Crippen molar-refractivity contribution in [3.05, 3.63) is 82.1 Å². The van der Waals surface area contributed by atoms with Gasteiger partial charge in [-0.05, 0) is 87.1 Å². The summed E-state index contributed by atoms with van der Waals surface area (Å²) < 4.78 is 12.9. The fraction of sp³-hybridized carbons (Fsp3) is 0.367. The molecule has 2 aromatic carbocycles. The lowest BCUT2D eigenvalue weighted by atomic mass is 9.77. The second-order valence-corrected chi connectivity index (χ2v) is 9.84. The SMILES string of the molecule is CCOc1ccc(/C=C2\CCC[C@@H]3C2=NN(C(=O)c2nn(CC)cc2Cl)[C@@H]3c2ccc(OCC)cc2)cc1. The first-order chi connectivity index (χ1) is 18.5. The van der Waals surface area contributed by atoms with E-state index < -0.39 is 0 Å². The Balaban J connectivity index is 1.53. The highest BCUT2D eigenvalue weighted by Gasteiger charge is 2.44. The molecule has 2 atom stereocenters. The van der Waals surface area contributed by atoms with Gasteiger partial charge in [-0.25, -0.2) is 5.01 Å². The number of benzene rings is 2. The van der Waals surface area contributed by atoms with Gasteiger partial charge >= 0.3 is 0 Å². The highest BCUT2D eigenvalue weighted by Crippen LogP contribution is 2.45. The molecule has 1 saturated carbocycles. The summed E-state index contributed by atoms with van der Waals surface area (Å²) in [6, 6.07) is 15.8. The normalized spacial score (nSPS) is 19.8. The maximum absolute atomic E-state index is 13.9. The van der Waals surface area contributed by atoms with Crippen molar-refractivity contribution < 1.29 is 14.3 Å². The number of rotatable bonds is 8. The van der Waals surface area contributed by atoms with Crippen LogP contribution >= 0.6 is 11.6 Å². The number of aromatic nitrogens is 2. The molecule has 1 amide bonds. The number of carbonyl (C=O) groups is 1. The Hall–Kier alpha value is -3.58. The first kappa shape index (κ1) is 26.0. The van der Waals surface area contributed by atoms with Crippen molar-refractivity contribution in [2.24, 2.45) is 11.0 Å². The maximum Gasteiger partial charge on any atom is 0.296 e. The van der Waals surface area contributed by atoms with Crippen LogP contribution in [-0.4, -0.2) is 39.6 Å². The van der Waals surface area contributed by atoms with Gasteiger partial charge in [0.05, 0.1) is 30.0 Å². The van der Waals surface area contributed by atoms with E-state index in [0.717, 1.165) is 53.2 Å². The number of hydrazone groups is 1. The molecule has 5 rings (SSSR count). The number of hydrogen-bond acceptors (Lipinski definition) is 5. The van der Waals surface area contributed by atoms with Crippen molar-refractivity contribution in [2.45, 2.75) is 52.6 Å². The van der Waals surface area contributed by atoms with E-state index in [1.54, 1.807) is 15.9 Å². The molecule has 2 heterocycles. The number of carbonyl (C=O) groups excluding carboxylic acids is 1. The number of fused-ring (bicyclic) bond motifs is 1. The van der Waals surface area contributed by atoms with Gasteiger partial charge in [0.15, 0.2) is 5.69 Å². The quantitative estimate of drug-likeness (QED) is 0.320. The van der Waals surface area contributed by atoms with Gasteiger partial charge in [-0.1, -0.05) is 35.9 Å². The van der Waals surface area contributed by atoms with Crippen LogP contribution in [0.5, 0.6) is 11.5 Å². The fourth-order valence-corrected chi connectivity index (χ4v) is 5.50. The smallest absolute Gasteiger partial charge is 0.296 e. The average Bonchev–Trinajstić information content (AvgIpc) is 3.51. The summed E-state index contributed by atoms with van der Waals surface area (Å²) in [5.74, 6) is 1.44. The number of hydrogen-bond donors (Lipinski definition) is 0. The monoisotopic (exact) mass is 532 g/mol. The van der Waals surface area contributed by atoms with Gasteiger partial charge in [-0.2, -0.15) is 10.2 Å². The lowest BCUT2D eigenvalue weighted by Gasteiger charge is -2.29. The minimum Gasteiger partial charge on any atom is -0.494 e. The molecular weight excluding hydrogens is 500 g/mol. The number of nitrogens with zero attached hydrogens (tertiary/aromatic N) is 4. The van der Waals surface area contributed by atoms with Crippen LogP contribution in [0.15, 0.2) is 65.4 Å². The van der Waals surface area contributed by atoms with Gasteiger partial charge in [0.1, 0.15) is 11.5 Å². The number of aryl methyl sites for hydroxylation is 1. The molecule has 0 radical (unpaired) electrons. The summed E-state index contributed by atoms with van der Waals surface area (Å²) in [7, 11) is 0. The summed E-state index contributed by atoms with van der Waals surface area (Å²) in [6.07, 6.45) is 6.74. The van der Waals surface area contributed by atoms with Crippen molar-refractivity contribution in [3.8, 4) is 11.5 Å². The molecule has 198 valence electrons. The third-order valence-corrected chi connectivity index (χ3v) is 7.29. The summed E-state index contributed by atoms with van der Waals surface area (Å²) in [4.78, 5) is 13.9. The third-order valence-electron chi connectivity index (χ3n) is 7.02. The van der Waals surface area contributed by atoms with Crippen molar-refractivity contribution >= 4 is 29.3 Å². The highest BCUT2D eigenvalue weighted by atomic mass is 35.5. The molecule has 0 N–H and O–H groups in total. The number of allylic oxidation sites excluding steroid dienone is 1. The van der Waals surface area contributed by atoms with Crippen LogP contribution in [0.3, 0.4) is 0 Å². The number of halogens is 1. The zero-order chi connectivity index (χ0) is 26.6. The molecule has 0 bridgehead atoms. The van der Waals surface area contributed by atoms with Crippen LogP contribution in [-0.2, 0) is 6.54 Å². The summed E-state index contributed by atoms with van der Waals surface area (Å²) in [5.41, 5.74) is 4.44. The van der Waals surface area contributed by atoms with E-state index in [0.29, 0.717) is 24.8 Å². The van der Waals surface area contributed by atoms with E-state index in [4.69, 9.17) is 26.2 Å². The largest absolute Gasteiger partial charge is 0.494 e. The zero-order valence-electron chi connectivity index (χ0n) is 22.1. The van der Waals surface area contributed by atoms with Crippen LogP contribution < -0.4 is 9.47 Å². The summed E-state index contributed by atoms with van der Waals surface area (Å²) in [5, 5.41) is 11.4. The minimum absolute atomic E-state index is 0.0756. The predicted octanol–water partition coefficient (Wildman–Crippen LogP) is 6.79. The standard InChI is InChI=1S/C30H33ClN4O3/c1-4-34-19-26(31)28(32-34)30(36)35-29(21-12-16-24(17-13-21)38-6-3)25-9-7-8-22(27(25)33-35)18-20-10-14-23(15-11-20)37-5-2/h10-19,25,29H,4-9H2,1-3H3/b22-18+/t25-,29-/m1/s1. The first-order valence-electron chi connectivity index (χ1n) is 13.3. The van der Waals surface area contributed by atoms with Gasteiger partial charge in [-0.15, -0.1) is 0 Å². The first-order valence-corrected chi connectivity index (χ1v) is 13.7. The van der Waals surface area contributed by atoms with E-state index in [9.17, 15) is 4.79 Å². The van der Waals surface area contributed by atoms with Gasteiger partial charge in [0, 0.05) is 18.7 Å². The Kier molecular flexibility index (Phi) is 7.84. The Bertz CT molecular complexity index is 1340. The van der Waals surface area contributed by atoms with Gasteiger partial charge in [-0.3, -0.25) is 9.48 Å². The van der Waals surface area contributed by atoms with Gasteiger partial charge < -0.3 is 9.47 Å². The molecule has 38 heavy (non-hydrogen) atoms. The second kappa shape index (κ2) is 11.4. The van der Waals surface area contributed by atoms with Crippen LogP contribution in [0.1, 0.15) is 67.7 Å². The van der Waals surface area contributed by atoms with Crippen molar-refractivity contribution in [2.75, 3.05) is 13.2 Å². The van der Waals surface area contributed by atoms with Crippen LogP contribution in [0, 0.1) is 5.92 Å². The fourth-order valence-electron chi connectivity index (χ4n) is 5.27. The van der Waals surface area contributed by atoms with E-state index in [2.05, 4.69) is 23.3 Å². The van der Waals surface area contributed by atoms with Crippen LogP contribution in [0.25, 0.3) is 6.08 Å². The van der Waals surface area contributed by atoms with Crippen molar-refractivity contribution in [1.82, 2.24) is 14.8 Å². The maximum atomic E-state index is 13.9. The molecule has 3 aromatic rings. The molecule has 0 spiro atoms. The van der Waals surface area contributed by atoms with Gasteiger partial charge in [0.25, 0.3) is 5.91 Å². The van der Waals surface area contributed by atoms with E-state index >= 15 is 0 Å².